The van der Waals surface area contributed by atoms with Gasteiger partial charge in [-0.3, -0.25) is 9.59 Å². The lowest BCUT2D eigenvalue weighted by Crippen LogP contribution is -2.52. The predicted octanol–water partition coefficient (Wildman–Crippen LogP) is 1.93. The number of ether oxygens (including phenoxy) is 2. The van der Waals surface area contributed by atoms with E-state index in [-0.39, 0.29) is 11.8 Å². The molecule has 1 unspecified atom stereocenters. The summed E-state index contributed by atoms with van der Waals surface area (Å²) in [5.74, 6) is 1.44. The van der Waals surface area contributed by atoms with Crippen molar-refractivity contribution < 1.29 is 19.1 Å². The van der Waals surface area contributed by atoms with E-state index in [4.69, 9.17) is 9.47 Å². The predicted molar refractivity (Wildman–Crippen MR) is 91.2 cm³/mol. The van der Waals surface area contributed by atoms with Crippen molar-refractivity contribution in [2.75, 3.05) is 32.8 Å². The second kappa shape index (κ2) is 8.57. The quantitative estimate of drug-likeness (QED) is 0.798. The summed E-state index contributed by atoms with van der Waals surface area (Å²) in [5.41, 5.74) is 0. The van der Waals surface area contributed by atoms with Crippen LogP contribution in [0.3, 0.4) is 0 Å². The second-order valence-electron chi connectivity index (χ2n) is 5.91. The van der Waals surface area contributed by atoms with Crippen LogP contribution in [0, 0.1) is 0 Å². The van der Waals surface area contributed by atoms with E-state index in [0.29, 0.717) is 38.5 Å². The molecule has 2 rings (SSSR count). The standard InChI is InChI=1S/C18H26N2O4/c1-4-13-23-16-5-7-17(8-6-16)24-14(2)18(22)20-11-9-19(10-12-20)15(3)21/h5-8,14H,4,9-13H2,1-3H3. The lowest BCUT2D eigenvalue weighted by atomic mass is 10.2. The van der Waals surface area contributed by atoms with Gasteiger partial charge in [-0.2, -0.15) is 0 Å². The van der Waals surface area contributed by atoms with Crippen molar-refractivity contribution in [3.63, 3.8) is 0 Å². The number of rotatable bonds is 6. The molecule has 6 heteroatoms. The van der Waals surface area contributed by atoms with Crippen LogP contribution < -0.4 is 9.47 Å². The number of nitrogens with zero attached hydrogens (tertiary/aromatic N) is 2. The van der Waals surface area contributed by atoms with Gasteiger partial charge >= 0.3 is 0 Å². The Balaban J connectivity index is 1.84. The summed E-state index contributed by atoms with van der Waals surface area (Å²) in [6.45, 7) is 8.31. The minimum Gasteiger partial charge on any atom is -0.494 e. The van der Waals surface area contributed by atoms with E-state index in [0.717, 1.165) is 12.2 Å². The van der Waals surface area contributed by atoms with Crippen molar-refractivity contribution in [2.45, 2.75) is 33.3 Å². The highest BCUT2D eigenvalue weighted by molar-refractivity contribution is 5.81. The summed E-state index contributed by atoms with van der Waals surface area (Å²) in [5, 5.41) is 0. The molecule has 0 saturated carbocycles. The normalized spacial score (nSPS) is 15.8. The zero-order valence-electron chi connectivity index (χ0n) is 14.7. The summed E-state index contributed by atoms with van der Waals surface area (Å²) in [6, 6.07) is 7.30. The molecule has 1 aromatic carbocycles. The van der Waals surface area contributed by atoms with Gasteiger partial charge in [-0.15, -0.1) is 0 Å². The van der Waals surface area contributed by atoms with Gasteiger partial charge in [0.25, 0.3) is 5.91 Å². The first-order valence-corrected chi connectivity index (χ1v) is 8.45. The maximum Gasteiger partial charge on any atom is 0.263 e. The van der Waals surface area contributed by atoms with Crippen molar-refractivity contribution in [3.8, 4) is 11.5 Å². The highest BCUT2D eigenvalue weighted by Crippen LogP contribution is 2.19. The molecular formula is C18H26N2O4. The van der Waals surface area contributed by atoms with Crippen LogP contribution in [0.4, 0.5) is 0 Å². The Bertz CT molecular complexity index is 551. The number of carbonyl (C=O) groups is 2. The van der Waals surface area contributed by atoms with E-state index in [1.165, 1.54) is 0 Å². The molecule has 1 saturated heterocycles. The van der Waals surface area contributed by atoms with Gasteiger partial charge in [0.1, 0.15) is 11.5 Å². The molecule has 1 aliphatic rings. The molecule has 1 aliphatic heterocycles. The monoisotopic (exact) mass is 334 g/mol. The molecule has 1 atom stereocenters. The zero-order chi connectivity index (χ0) is 17.5. The van der Waals surface area contributed by atoms with Crippen LogP contribution in [0.2, 0.25) is 0 Å². The van der Waals surface area contributed by atoms with Crippen molar-refractivity contribution in [3.05, 3.63) is 24.3 Å². The first-order valence-electron chi connectivity index (χ1n) is 8.45. The van der Waals surface area contributed by atoms with Crippen molar-refractivity contribution in [2.24, 2.45) is 0 Å². The molecule has 132 valence electrons. The van der Waals surface area contributed by atoms with E-state index >= 15 is 0 Å². The summed E-state index contributed by atoms with van der Waals surface area (Å²) >= 11 is 0. The molecule has 0 aromatic heterocycles. The van der Waals surface area contributed by atoms with Crippen LogP contribution in [0.15, 0.2) is 24.3 Å². The third kappa shape index (κ3) is 4.88. The highest BCUT2D eigenvalue weighted by atomic mass is 16.5. The number of amides is 2. The molecule has 0 aliphatic carbocycles. The van der Waals surface area contributed by atoms with Gasteiger partial charge in [-0.05, 0) is 37.6 Å². The minimum atomic E-state index is -0.559. The summed E-state index contributed by atoms with van der Waals surface area (Å²) in [4.78, 5) is 27.3. The maximum absolute atomic E-state index is 12.5. The van der Waals surface area contributed by atoms with Gasteiger partial charge in [-0.1, -0.05) is 6.92 Å². The number of benzene rings is 1. The molecule has 0 bridgehead atoms. The molecule has 24 heavy (non-hydrogen) atoms. The van der Waals surface area contributed by atoms with Crippen LogP contribution in [-0.4, -0.2) is 60.5 Å². The molecule has 2 amide bonds. The van der Waals surface area contributed by atoms with Crippen LogP contribution in [0.5, 0.6) is 11.5 Å². The molecule has 0 radical (unpaired) electrons. The van der Waals surface area contributed by atoms with Gasteiger partial charge in [0, 0.05) is 33.1 Å². The molecule has 0 N–H and O–H groups in total. The van der Waals surface area contributed by atoms with Crippen molar-refractivity contribution in [1.82, 2.24) is 9.80 Å². The minimum absolute atomic E-state index is 0.0514. The lowest BCUT2D eigenvalue weighted by Gasteiger charge is -2.35. The molecule has 0 spiro atoms. The third-order valence-electron chi connectivity index (χ3n) is 3.99. The molecule has 1 aromatic rings. The number of piperazine rings is 1. The Hall–Kier alpha value is -2.24. The Morgan fingerprint density at radius 1 is 1.04 bits per heavy atom. The zero-order valence-corrected chi connectivity index (χ0v) is 14.7. The second-order valence-corrected chi connectivity index (χ2v) is 5.91. The fourth-order valence-corrected chi connectivity index (χ4v) is 2.59. The van der Waals surface area contributed by atoms with E-state index in [1.54, 1.807) is 23.6 Å². The van der Waals surface area contributed by atoms with Crippen LogP contribution >= 0.6 is 0 Å². The Labute approximate surface area is 143 Å². The van der Waals surface area contributed by atoms with E-state index in [1.807, 2.05) is 24.3 Å². The molecule has 6 nitrogen and oxygen atoms in total. The average molecular weight is 334 g/mol. The Morgan fingerprint density at radius 3 is 2.12 bits per heavy atom. The van der Waals surface area contributed by atoms with E-state index < -0.39 is 6.10 Å². The summed E-state index contributed by atoms with van der Waals surface area (Å²) in [7, 11) is 0. The van der Waals surface area contributed by atoms with Gasteiger partial charge in [-0.25, -0.2) is 0 Å². The van der Waals surface area contributed by atoms with Crippen LogP contribution in [0.1, 0.15) is 27.2 Å². The number of hydrogen-bond acceptors (Lipinski definition) is 4. The van der Waals surface area contributed by atoms with Gasteiger partial charge < -0.3 is 19.3 Å². The number of hydrogen-bond donors (Lipinski definition) is 0. The van der Waals surface area contributed by atoms with Crippen LogP contribution in [-0.2, 0) is 9.59 Å². The fraction of sp³-hybridized carbons (Fsp3) is 0.556. The topological polar surface area (TPSA) is 59.1 Å². The van der Waals surface area contributed by atoms with Crippen molar-refractivity contribution in [1.29, 1.82) is 0 Å². The Morgan fingerprint density at radius 2 is 1.58 bits per heavy atom. The van der Waals surface area contributed by atoms with Gasteiger partial charge in [0.05, 0.1) is 6.61 Å². The molecule has 1 fully saturated rings. The first kappa shape index (κ1) is 18.1. The van der Waals surface area contributed by atoms with Crippen LogP contribution in [0.25, 0.3) is 0 Å². The molecule has 1 heterocycles. The number of carbonyl (C=O) groups excluding carboxylic acids is 2. The smallest absolute Gasteiger partial charge is 0.263 e. The van der Waals surface area contributed by atoms with Gasteiger partial charge in [0.2, 0.25) is 5.91 Å². The fourth-order valence-electron chi connectivity index (χ4n) is 2.59. The molecular weight excluding hydrogens is 308 g/mol. The summed E-state index contributed by atoms with van der Waals surface area (Å²) in [6.07, 6.45) is 0.400. The Kier molecular flexibility index (Phi) is 6.46. The third-order valence-corrected chi connectivity index (χ3v) is 3.99. The van der Waals surface area contributed by atoms with Gasteiger partial charge in [0.15, 0.2) is 6.10 Å². The van der Waals surface area contributed by atoms with Crippen molar-refractivity contribution >= 4 is 11.8 Å². The SMILES string of the molecule is CCCOc1ccc(OC(C)C(=O)N2CCN(C(C)=O)CC2)cc1. The average Bonchev–Trinajstić information content (AvgIpc) is 2.60. The highest BCUT2D eigenvalue weighted by Gasteiger charge is 2.26. The first-order chi connectivity index (χ1) is 11.5. The lowest BCUT2D eigenvalue weighted by molar-refractivity contribution is -0.143. The van der Waals surface area contributed by atoms with E-state index in [9.17, 15) is 9.59 Å². The largest absolute Gasteiger partial charge is 0.494 e. The maximum atomic E-state index is 12.5. The summed E-state index contributed by atoms with van der Waals surface area (Å²) < 4.78 is 11.3. The van der Waals surface area contributed by atoms with E-state index in [2.05, 4.69) is 6.92 Å².